The van der Waals surface area contributed by atoms with Gasteiger partial charge in [-0.3, -0.25) is 4.98 Å². The number of nitrogens with zero attached hydrogens (tertiary/aromatic N) is 4. The number of aryl methyl sites for hydroxylation is 1. The minimum atomic E-state index is -0.157. The first-order chi connectivity index (χ1) is 9.81. The van der Waals surface area contributed by atoms with E-state index < -0.39 is 0 Å². The summed E-state index contributed by atoms with van der Waals surface area (Å²) >= 11 is 0. The minimum Gasteiger partial charge on any atom is -0.390 e. The number of aliphatic hydroxyl groups excluding tert-OH is 1. The van der Waals surface area contributed by atoms with Crippen LogP contribution in [0.3, 0.4) is 0 Å². The van der Waals surface area contributed by atoms with E-state index in [9.17, 15) is 5.11 Å². The third kappa shape index (κ3) is 2.08. The molecule has 1 N–H and O–H groups in total. The Morgan fingerprint density at radius 2 is 2.00 bits per heavy atom. The molecule has 0 aliphatic rings. The Hall–Kier alpha value is -2.53. The van der Waals surface area contributed by atoms with E-state index in [1.54, 1.807) is 17.1 Å². The van der Waals surface area contributed by atoms with Crippen molar-refractivity contribution in [2.24, 2.45) is 0 Å². The van der Waals surface area contributed by atoms with Crippen molar-refractivity contribution < 1.29 is 5.11 Å². The number of hydrogen-bond donors (Lipinski definition) is 1. The van der Waals surface area contributed by atoms with Crippen LogP contribution in [0.25, 0.3) is 16.9 Å². The monoisotopic (exact) mass is 266 g/mol. The Morgan fingerprint density at radius 1 is 1.15 bits per heavy atom. The Labute approximate surface area is 116 Å². The van der Waals surface area contributed by atoms with Gasteiger partial charge in [-0.05, 0) is 30.7 Å². The third-order valence-corrected chi connectivity index (χ3v) is 3.17. The molecule has 5 nitrogen and oxygen atoms in total. The van der Waals surface area contributed by atoms with E-state index >= 15 is 0 Å². The maximum Gasteiger partial charge on any atom is 0.117 e. The average molecular weight is 266 g/mol. The normalized spacial score (nSPS) is 10.7. The highest BCUT2D eigenvalue weighted by molar-refractivity contribution is 5.63. The second kappa shape index (κ2) is 5.22. The van der Waals surface area contributed by atoms with Crippen LogP contribution in [-0.2, 0) is 6.61 Å². The van der Waals surface area contributed by atoms with Crippen LogP contribution in [0.15, 0.2) is 48.8 Å². The van der Waals surface area contributed by atoms with E-state index in [1.807, 2.05) is 43.3 Å². The molecule has 3 rings (SSSR count). The molecule has 0 bridgehead atoms. The van der Waals surface area contributed by atoms with Crippen molar-refractivity contribution in [3.05, 3.63) is 60.0 Å². The van der Waals surface area contributed by atoms with Gasteiger partial charge >= 0.3 is 0 Å². The van der Waals surface area contributed by atoms with Crippen molar-refractivity contribution in [2.45, 2.75) is 13.5 Å². The highest BCUT2D eigenvalue weighted by Gasteiger charge is 2.16. The predicted molar refractivity (Wildman–Crippen MR) is 75.2 cm³/mol. The first-order valence-corrected chi connectivity index (χ1v) is 6.33. The van der Waals surface area contributed by atoms with E-state index in [2.05, 4.69) is 15.3 Å². The molecule has 0 saturated heterocycles. The summed E-state index contributed by atoms with van der Waals surface area (Å²) in [6.07, 6.45) is 3.46. The van der Waals surface area contributed by atoms with Gasteiger partial charge in [0.25, 0.3) is 0 Å². The highest BCUT2D eigenvalue weighted by Crippen LogP contribution is 2.25. The largest absolute Gasteiger partial charge is 0.390 e. The summed E-state index contributed by atoms with van der Waals surface area (Å²) in [7, 11) is 0. The fourth-order valence-electron chi connectivity index (χ4n) is 2.18. The SMILES string of the molecule is Cc1ccccc1-n1nnc(CO)c1-c1cccnc1. The number of aromatic nitrogens is 4. The molecule has 0 saturated carbocycles. The van der Waals surface area contributed by atoms with Gasteiger partial charge in [0.15, 0.2) is 0 Å². The molecule has 0 aliphatic heterocycles. The van der Waals surface area contributed by atoms with Crippen molar-refractivity contribution >= 4 is 0 Å². The molecular weight excluding hydrogens is 252 g/mol. The Kier molecular flexibility index (Phi) is 3.26. The zero-order chi connectivity index (χ0) is 13.9. The molecule has 0 spiro atoms. The number of para-hydroxylation sites is 1. The lowest BCUT2D eigenvalue weighted by Gasteiger charge is -2.09. The molecule has 0 atom stereocenters. The first-order valence-electron chi connectivity index (χ1n) is 6.33. The summed E-state index contributed by atoms with van der Waals surface area (Å²) < 4.78 is 1.75. The van der Waals surface area contributed by atoms with Crippen molar-refractivity contribution in [1.29, 1.82) is 0 Å². The maximum absolute atomic E-state index is 9.47. The summed E-state index contributed by atoms with van der Waals surface area (Å²) in [5.41, 5.74) is 4.23. The number of benzene rings is 1. The Bertz CT molecular complexity index is 722. The molecule has 2 heterocycles. The Balaban J connectivity index is 2.24. The molecule has 100 valence electrons. The smallest absolute Gasteiger partial charge is 0.117 e. The van der Waals surface area contributed by atoms with Crippen LogP contribution >= 0.6 is 0 Å². The van der Waals surface area contributed by atoms with Gasteiger partial charge in [0, 0.05) is 18.0 Å². The molecule has 0 aliphatic carbocycles. The van der Waals surface area contributed by atoms with Gasteiger partial charge in [-0.2, -0.15) is 0 Å². The molecule has 3 aromatic rings. The summed E-state index contributed by atoms with van der Waals surface area (Å²) in [5.74, 6) is 0. The Morgan fingerprint density at radius 3 is 2.70 bits per heavy atom. The zero-order valence-electron chi connectivity index (χ0n) is 11.1. The highest BCUT2D eigenvalue weighted by atomic mass is 16.3. The number of hydrogen-bond acceptors (Lipinski definition) is 4. The van der Waals surface area contributed by atoms with Crippen LogP contribution in [0.5, 0.6) is 0 Å². The summed E-state index contributed by atoms with van der Waals surface area (Å²) in [5, 5.41) is 17.7. The molecule has 20 heavy (non-hydrogen) atoms. The third-order valence-electron chi connectivity index (χ3n) is 3.17. The zero-order valence-corrected chi connectivity index (χ0v) is 11.1. The van der Waals surface area contributed by atoms with Gasteiger partial charge in [0.05, 0.1) is 12.3 Å². The topological polar surface area (TPSA) is 63.8 Å². The molecule has 5 heteroatoms. The van der Waals surface area contributed by atoms with Crippen LogP contribution < -0.4 is 0 Å². The van der Waals surface area contributed by atoms with Crippen LogP contribution in [-0.4, -0.2) is 25.1 Å². The lowest BCUT2D eigenvalue weighted by Crippen LogP contribution is -2.02. The van der Waals surface area contributed by atoms with Crippen molar-refractivity contribution in [2.75, 3.05) is 0 Å². The maximum atomic E-state index is 9.47. The number of aliphatic hydroxyl groups is 1. The lowest BCUT2D eigenvalue weighted by atomic mass is 10.1. The summed E-state index contributed by atoms with van der Waals surface area (Å²) in [6, 6.07) is 11.7. The second-order valence-corrected chi connectivity index (χ2v) is 4.48. The van der Waals surface area contributed by atoms with E-state index in [0.717, 1.165) is 22.5 Å². The number of rotatable bonds is 3. The fourth-order valence-corrected chi connectivity index (χ4v) is 2.18. The van der Waals surface area contributed by atoms with Crippen LogP contribution in [0.4, 0.5) is 0 Å². The van der Waals surface area contributed by atoms with Gasteiger partial charge in [-0.1, -0.05) is 23.4 Å². The van der Waals surface area contributed by atoms with Crippen LogP contribution in [0.1, 0.15) is 11.3 Å². The van der Waals surface area contributed by atoms with E-state index in [0.29, 0.717) is 5.69 Å². The summed E-state index contributed by atoms with van der Waals surface area (Å²) in [4.78, 5) is 4.12. The van der Waals surface area contributed by atoms with Gasteiger partial charge < -0.3 is 5.11 Å². The molecule has 0 amide bonds. The van der Waals surface area contributed by atoms with Gasteiger partial charge in [0.1, 0.15) is 11.4 Å². The number of pyridine rings is 1. The van der Waals surface area contributed by atoms with Crippen molar-refractivity contribution in [3.8, 4) is 16.9 Å². The van der Waals surface area contributed by atoms with E-state index in [4.69, 9.17) is 0 Å². The summed E-state index contributed by atoms with van der Waals surface area (Å²) in [6.45, 7) is 1.86. The lowest BCUT2D eigenvalue weighted by molar-refractivity contribution is 0.277. The molecule has 0 fully saturated rings. The molecule has 0 radical (unpaired) electrons. The van der Waals surface area contributed by atoms with E-state index in [1.165, 1.54) is 0 Å². The van der Waals surface area contributed by atoms with Crippen LogP contribution in [0.2, 0.25) is 0 Å². The first kappa shape index (κ1) is 12.5. The standard InChI is InChI=1S/C15H14N4O/c1-11-5-2-3-7-14(11)19-15(13(10-20)17-18-19)12-6-4-8-16-9-12/h2-9,20H,10H2,1H3. The van der Waals surface area contributed by atoms with Gasteiger partial charge in [0.2, 0.25) is 0 Å². The average Bonchev–Trinajstić information content (AvgIpc) is 2.92. The molecule has 1 aromatic carbocycles. The van der Waals surface area contributed by atoms with Gasteiger partial charge in [-0.15, -0.1) is 5.10 Å². The second-order valence-electron chi connectivity index (χ2n) is 4.48. The molecule has 0 unspecified atom stereocenters. The van der Waals surface area contributed by atoms with Gasteiger partial charge in [-0.25, -0.2) is 4.68 Å². The van der Waals surface area contributed by atoms with E-state index in [-0.39, 0.29) is 6.61 Å². The van der Waals surface area contributed by atoms with Crippen molar-refractivity contribution in [1.82, 2.24) is 20.0 Å². The minimum absolute atomic E-state index is 0.157. The molecular formula is C15H14N4O. The van der Waals surface area contributed by atoms with Crippen molar-refractivity contribution in [3.63, 3.8) is 0 Å². The fraction of sp³-hybridized carbons (Fsp3) is 0.133. The quantitative estimate of drug-likeness (QED) is 0.788. The molecule has 2 aromatic heterocycles. The predicted octanol–water partition coefficient (Wildman–Crippen LogP) is 2.13. The van der Waals surface area contributed by atoms with Crippen LogP contribution in [0, 0.1) is 6.92 Å².